The van der Waals surface area contributed by atoms with Gasteiger partial charge in [0.25, 0.3) is 5.91 Å². The lowest BCUT2D eigenvalue weighted by atomic mass is 9.79. The maximum Gasteiger partial charge on any atom is 0.417 e. The second kappa shape index (κ2) is 9.73. The van der Waals surface area contributed by atoms with Gasteiger partial charge in [-0.2, -0.15) is 18.3 Å². The van der Waals surface area contributed by atoms with Gasteiger partial charge in [-0.1, -0.05) is 0 Å². The molecule has 4 atom stereocenters. The van der Waals surface area contributed by atoms with Gasteiger partial charge < -0.3 is 25.2 Å². The van der Waals surface area contributed by atoms with E-state index in [0.717, 1.165) is 6.20 Å². The number of aromatic amines is 1. The molecule has 10 nitrogen and oxygen atoms in total. The van der Waals surface area contributed by atoms with E-state index in [0.29, 0.717) is 25.7 Å². The van der Waals surface area contributed by atoms with Crippen LogP contribution in [0.2, 0.25) is 0 Å². The molecule has 2 saturated carbocycles. The number of nitrogens with zero attached hydrogens (tertiary/aromatic N) is 3. The van der Waals surface area contributed by atoms with Crippen molar-refractivity contribution < 1.29 is 42.1 Å². The van der Waals surface area contributed by atoms with Gasteiger partial charge in [-0.3, -0.25) is 14.7 Å². The minimum absolute atomic E-state index is 0.118. The normalized spacial score (nSPS) is 28.3. The second-order valence-corrected chi connectivity index (χ2v) is 10.7. The van der Waals surface area contributed by atoms with Crippen molar-refractivity contribution >= 4 is 11.8 Å². The first kappa shape index (κ1) is 27.3. The molecule has 212 valence electrons. The van der Waals surface area contributed by atoms with Crippen molar-refractivity contribution in [2.24, 2.45) is 5.92 Å². The van der Waals surface area contributed by atoms with Gasteiger partial charge in [0.15, 0.2) is 11.4 Å². The van der Waals surface area contributed by atoms with Gasteiger partial charge in [0.1, 0.15) is 5.69 Å². The summed E-state index contributed by atoms with van der Waals surface area (Å²) < 4.78 is 58.7. The third-order valence-corrected chi connectivity index (χ3v) is 8.20. The summed E-state index contributed by atoms with van der Waals surface area (Å²) in [6.07, 6.45) is -5.06. The Labute approximate surface area is 220 Å². The number of piperidine rings is 1. The number of amides is 2. The molecule has 0 aromatic carbocycles. The van der Waals surface area contributed by atoms with Crippen molar-refractivity contribution in [3.05, 3.63) is 29.8 Å². The van der Waals surface area contributed by atoms with Crippen LogP contribution in [-0.4, -0.2) is 85.2 Å². The Balaban J connectivity index is 1.22. The number of carbonyl (C=O) groups excluding carboxylic acids is 2. The molecule has 1 spiro atoms. The fraction of sp³-hybridized carbons (Fsp3) is 0.600. The summed E-state index contributed by atoms with van der Waals surface area (Å²) in [7, 11) is 1.40. The van der Waals surface area contributed by atoms with E-state index in [1.54, 1.807) is 4.90 Å². The van der Waals surface area contributed by atoms with E-state index in [1.807, 2.05) is 0 Å². The molecule has 1 saturated heterocycles. The SMILES string of the molecule is COc1cc(-c2cc(C(=O)N3CCC(C(=O)N[C@H]4CC[C@](O)(C(F)(F)F)C[C@H]4O)CC34CC4)[nH]n2)c(F)cn1. The largest absolute Gasteiger partial charge is 0.481 e. The minimum Gasteiger partial charge on any atom is -0.481 e. The highest BCUT2D eigenvalue weighted by molar-refractivity contribution is 5.94. The van der Waals surface area contributed by atoms with Crippen LogP contribution in [0.3, 0.4) is 0 Å². The molecule has 39 heavy (non-hydrogen) atoms. The number of rotatable bonds is 5. The molecule has 3 heterocycles. The number of aliphatic hydroxyl groups is 2. The average molecular weight is 556 g/mol. The summed E-state index contributed by atoms with van der Waals surface area (Å²) in [4.78, 5) is 31.8. The zero-order chi connectivity index (χ0) is 28.2. The number of ether oxygens (including phenoxy) is 1. The predicted octanol–water partition coefficient (Wildman–Crippen LogP) is 2.33. The second-order valence-electron chi connectivity index (χ2n) is 10.7. The van der Waals surface area contributed by atoms with Gasteiger partial charge in [-0.25, -0.2) is 9.37 Å². The number of aromatic nitrogens is 3. The zero-order valence-electron chi connectivity index (χ0n) is 21.1. The van der Waals surface area contributed by atoms with Crippen LogP contribution >= 0.6 is 0 Å². The maximum absolute atomic E-state index is 14.3. The molecule has 2 amide bonds. The molecule has 1 unspecified atom stereocenters. The van der Waals surface area contributed by atoms with Crippen molar-refractivity contribution in [2.45, 2.75) is 74.4 Å². The summed E-state index contributed by atoms with van der Waals surface area (Å²) >= 11 is 0. The lowest BCUT2D eigenvalue weighted by Crippen LogP contribution is -2.58. The minimum atomic E-state index is -4.87. The Hall–Kier alpha value is -3.26. The quantitative estimate of drug-likeness (QED) is 0.415. The van der Waals surface area contributed by atoms with Gasteiger partial charge in [-0.05, 0) is 44.6 Å². The fourth-order valence-electron chi connectivity index (χ4n) is 5.70. The summed E-state index contributed by atoms with van der Waals surface area (Å²) in [5, 5.41) is 29.5. The highest BCUT2D eigenvalue weighted by atomic mass is 19.4. The highest BCUT2D eigenvalue weighted by Gasteiger charge is 2.58. The molecule has 2 aliphatic carbocycles. The third-order valence-electron chi connectivity index (χ3n) is 8.20. The number of hydrogen-bond donors (Lipinski definition) is 4. The van der Waals surface area contributed by atoms with Crippen molar-refractivity contribution in [1.29, 1.82) is 0 Å². The smallest absolute Gasteiger partial charge is 0.417 e. The van der Waals surface area contributed by atoms with E-state index >= 15 is 0 Å². The van der Waals surface area contributed by atoms with Crippen LogP contribution in [0, 0.1) is 11.7 Å². The number of aliphatic hydroxyl groups excluding tert-OH is 1. The lowest BCUT2D eigenvalue weighted by Gasteiger charge is -2.42. The van der Waals surface area contributed by atoms with Gasteiger partial charge in [0.2, 0.25) is 11.8 Å². The first-order valence-corrected chi connectivity index (χ1v) is 12.7. The summed E-state index contributed by atoms with van der Waals surface area (Å²) in [6.45, 7) is 0.268. The summed E-state index contributed by atoms with van der Waals surface area (Å²) in [6, 6.07) is 1.92. The molecular formula is C25H29F4N5O5. The average Bonchev–Trinajstić information content (AvgIpc) is 3.46. The standard InChI is InChI=1S/C25H29F4N5O5/c1-39-20-8-14(15(26)12-30-20)17-9-18(33-32-17)22(37)34-7-3-13(10-23(34)5-6-23)21(36)31-16-2-4-24(38,11-19(16)35)25(27,28)29/h8-9,12-13,16,19,35,38H,2-7,10-11H2,1H3,(H,31,36)(H,32,33)/t13?,16-,19+,24+/m0/s1. The third kappa shape index (κ3) is 5.07. The number of pyridine rings is 1. The molecule has 0 bridgehead atoms. The molecule has 1 aliphatic heterocycles. The molecular weight excluding hydrogens is 526 g/mol. The first-order valence-electron chi connectivity index (χ1n) is 12.7. The zero-order valence-corrected chi connectivity index (χ0v) is 21.1. The molecule has 14 heteroatoms. The highest BCUT2D eigenvalue weighted by Crippen LogP contribution is 2.50. The number of nitrogens with one attached hydrogen (secondary N) is 2. The fourth-order valence-corrected chi connectivity index (χ4v) is 5.70. The van der Waals surface area contributed by atoms with Crippen molar-refractivity contribution in [3.8, 4) is 17.1 Å². The Morgan fingerprint density at radius 1 is 1.21 bits per heavy atom. The van der Waals surface area contributed by atoms with Gasteiger partial charge in [0.05, 0.1) is 31.1 Å². The predicted molar refractivity (Wildman–Crippen MR) is 127 cm³/mol. The van der Waals surface area contributed by atoms with Gasteiger partial charge in [0, 0.05) is 36.1 Å². The number of likely N-dealkylation sites (tertiary alicyclic amines) is 1. The lowest BCUT2D eigenvalue weighted by molar-refractivity contribution is -0.279. The van der Waals surface area contributed by atoms with Crippen LogP contribution in [0.25, 0.3) is 11.3 Å². The Bertz CT molecular complexity index is 1270. The molecule has 0 radical (unpaired) electrons. The molecule has 2 aromatic heterocycles. The number of hydrogen-bond acceptors (Lipinski definition) is 7. The topological polar surface area (TPSA) is 141 Å². The van der Waals surface area contributed by atoms with E-state index in [-0.39, 0.29) is 47.6 Å². The molecule has 3 aliphatic rings. The monoisotopic (exact) mass is 555 g/mol. The Morgan fingerprint density at radius 3 is 2.59 bits per heavy atom. The van der Waals surface area contributed by atoms with Crippen molar-refractivity contribution in [2.75, 3.05) is 13.7 Å². The van der Waals surface area contributed by atoms with Gasteiger partial charge >= 0.3 is 6.18 Å². The van der Waals surface area contributed by atoms with Crippen molar-refractivity contribution in [1.82, 2.24) is 25.4 Å². The van der Waals surface area contributed by atoms with Crippen LogP contribution in [0.15, 0.2) is 18.3 Å². The van der Waals surface area contributed by atoms with Crippen LogP contribution in [-0.2, 0) is 4.79 Å². The van der Waals surface area contributed by atoms with Crippen LogP contribution in [0.4, 0.5) is 17.6 Å². The maximum atomic E-state index is 14.3. The first-order chi connectivity index (χ1) is 18.4. The summed E-state index contributed by atoms with van der Waals surface area (Å²) in [5.74, 6) is -1.64. The van der Waals surface area contributed by atoms with E-state index in [4.69, 9.17) is 4.74 Å². The van der Waals surface area contributed by atoms with Crippen LogP contribution in [0.1, 0.15) is 55.4 Å². The van der Waals surface area contributed by atoms with E-state index in [9.17, 15) is 37.4 Å². The van der Waals surface area contributed by atoms with E-state index < -0.39 is 54.0 Å². The number of halogens is 4. The Kier molecular flexibility index (Phi) is 6.82. The van der Waals surface area contributed by atoms with E-state index in [2.05, 4.69) is 20.5 Å². The Morgan fingerprint density at radius 2 is 1.95 bits per heavy atom. The van der Waals surface area contributed by atoms with Crippen molar-refractivity contribution in [3.63, 3.8) is 0 Å². The number of alkyl halides is 3. The molecule has 2 aromatic rings. The molecule has 4 N–H and O–H groups in total. The number of H-pyrrole nitrogens is 1. The van der Waals surface area contributed by atoms with Gasteiger partial charge in [-0.15, -0.1) is 0 Å². The van der Waals surface area contributed by atoms with E-state index in [1.165, 1.54) is 19.2 Å². The molecule has 5 rings (SSSR count). The van der Waals surface area contributed by atoms with Crippen LogP contribution < -0.4 is 10.1 Å². The van der Waals surface area contributed by atoms with Crippen LogP contribution in [0.5, 0.6) is 5.88 Å². The number of methoxy groups -OCH3 is 1. The summed E-state index contributed by atoms with van der Waals surface area (Å²) in [5.41, 5.74) is -3.02. The number of carbonyl (C=O) groups is 2. The molecule has 3 fully saturated rings.